The van der Waals surface area contributed by atoms with Crippen molar-refractivity contribution in [2.24, 2.45) is 46.3 Å². The second-order valence-corrected chi connectivity index (χ2v) is 11.3. The summed E-state index contributed by atoms with van der Waals surface area (Å²) >= 11 is 0. The molecule has 0 aromatic carbocycles. The molecule has 0 bridgehead atoms. The van der Waals surface area contributed by atoms with Crippen molar-refractivity contribution in [3.05, 3.63) is 0 Å². The van der Waals surface area contributed by atoms with Gasteiger partial charge in [-0.15, -0.1) is 0 Å². The Kier molecular flexibility index (Phi) is 5.34. The van der Waals surface area contributed by atoms with E-state index in [4.69, 9.17) is 5.11 Å². The van der Waals surface area contributed by atoms with Crippen LogP contribution in [0.1, 0.15) is 85.0 Å². The predicted molar refractivity (Wildman–Crippen MR) is 108 cm³/mol. The van der Waals surface area contributed by atoms with Crippen molar-refractivity contribution >= 4 is 5.97 Å². The summed E-state index contributed by atoms with van der Waals surface area (Å²) in [6.07, 6.45) is 7.91. The number of hydrogen-bond acceptors (Lipinski definition) is 2. The van der Waals surface area contributed by atoms with Gasteiger partial charge in [-0.2, -0.15) is 0 Å². The topological polar surface area (TPSA) is 57.5 Å². The van der Waals surface area contributed by atoms with E-state index < -0.39 is 12.1 Å². The molecule has 4 rings (SSSR count). The van der Waals surface area contributed by atoms with Crippen molar-refractivity contribution < 1.29 is 19.4 Å². The van der Waals surface area contributed by atoms with Crippen LogP contribution in [0, 0.1) is 46.3 Å². The molecule has 4 heteroatoms. The first kappa shape index (κ1) is 20.6. The van der Waals surface area contributed by atoms with Gasteiger partial charge in [-0.25, -0.2) is 4.39 Å². The predicted octanol–water partition coefficient (Wildman–Crippen LogP) is 5.46. The van der Waals surface area contributed by atoms with Gasteiger partial charge in [-0.1, -0.05) is 20.8 Å². The highest BCUT2D eigenvalue weighted by Crippen LogP contribution is 2.68. The van der Waals surface area contributed by atoms with E-state index in [-0.39, 0.29) is 29.3 Å². The maximum absolute atomic E-state index is 15.6. The van der Waals surface area contributed by atoms with E-state index in [2.05, 4.69) is 20.8 Å². The third kappa shape index (κ3) is 3.13. The van der Waals surface area contributed by atoms with Crippen LogP contribution in [0.3, 0.4) is 0 Å². The molecule has 0 aliphatic heterocycles. The van der Waals surface area contributed by atoms with Gasteiger partial charge in [-0.05, 0) is 104 Å². The van der Waals surface area contributed by atoms with Crippen LogP contribution in [-0.2, 0) is 4.79 Å². The number of carboxylic acid groups (broad SMARTS) is 1. The highest BCUT2D eigenvalue weighted by Gasteiger charge is 2.63. The van der Waals surface area contributed by atoms with Gasteiger partial charge in [0.05, 0.1) is 6.10 Å². The number of rotatable bonds is 4. The second-order valence-electron chi connectivity index (χ2n) is 11.3. The molecule has 4 aliphatic rings. The van der Waals surface area contributed by atoms with E-state index in [1.54, 1.807) is 0 Å². The fraction of sp³-hybridized carbons (Fsp3) is 0.958. The molecule has 0 heterocycles. The Morgan fingerprint density at radius 2 is 1.75 bits per heavy atom. The van der Waals surface area contributed by atoms with Crippen LogP contribution in [0.25, 0.3) is 0 Å². The molecule has 2 N–H and O–H groups in total. The first-order valence-corrected chi connectivity index (χ1v) is 11.7. The molecule has 0 saturated heterocycles. The number of alkyl halides is 1. The summed E-state index contributed by atoms with van der Waals surface area (Å²) in [5.41, 5.74) is 0.363. The summed E-state index contributed by atoms with van der Waals surface area (Å²) in [6, 6.07) is 0. The van der Waals surface area contributed by atoms with E-state index in [1.807, 2.05) is 0 Å². The van der Waals surface area contributed by atoms with Crippen molar-refractivity contribution in [1.29, 1.82) is 0 Å². The zero-order chi connectivity index (χ0) is 20.3. The quantitative estimate of drug-likeness (QED) is 0.666. The van der Waals surface area contributed by atoms with Gasteiger partial charge in [0.25, 0.3) is 0 Å². The molecule has 4 fully saturated rings. The Hall–Kier alpha value is -0.640. The van der Waals surface area contributed by atoms with Crippen LogP contribution >= 0.6 is 0 Å². The molecule has 3 nitrogen and oxygen atoms in total. The van der Waals surface area contributed by atoms with Crippen LogP contribution in [0.2, 0.25) is 0 Å². The first-order valence-electron chi connectivity index (χ1n) is 11.7. The summed E-state index contributed by atoms with van der Waals surface area (Å²) in [4.78, 5) is 11.0. The molecule has 4 aliphatic carbocycles. The zero-order valence-electron chi connectivity index (χ0n) is 17.9. The largest absolute Gasteiger partial charge is 0.481 e. The number of carboxylic acids is 1. The Balaban J connectivity index is 1.55. The molecular formula is C24H39FO3. The Morgan fingerprint density at radius 1 is 1.07 bits per heavy atom. The number of aliphatic carboxylic acids is 1. The zero-order valence-corrected chi connectivity index (χ0v) is 17.9. The number of halogens is 1. The van der Waals surface area contributed by atoms with Gasteiger partial charge in [-0.3, -0.25) is 4.79 Å². The molecule has 0 aromatic heterocycles. The average Bonchev–Trinajstić information content (AvgIpc) is 2.98. The van der Waals surface area contributed by atoms with Crippen molar-refractivity contribution in [2.45, 2.75) is 97.3 Å². The van der Waals surface area contributed by atoms with Gasteiger partial charge in [0.1, 0.15) is 6.17 Å². The molecular weight excluding hydrogens is 355 g/mol. The molecule has 0 aromatic rings. The molecule has 28 heavy (non-hydrogen) atoms. The molecule has 0 unspecified atom stereocenters. The molecule has 0 spiro atoms. The Labute approximate surface area is 169 Å². The average molecular weight is 395 g/mol. The fourth-order valence-corrected chi connectivity index (χ4v) is 8.68. The number of fused-ring (bicyclic) bond motifs is 5. The lowest BCUT2D eigenvalue weighted by Gasteiger charge is -2.62. The summed E-state index contributed by atoms with van der Waals surface area (Å²) in [7, 11) is 0. The summed E-state index contributed by atoms with van der Waals surface area (Å²) in [6.45, 7) is 7.02. The molecule has 10 atom stereocenters. The molecule has 0 radical (unpaired) electrons. The standard InChI is InChI=1S/C24H39FO3/c1-14(4-7-21(27)28)17-5-6-18-22-19(9-11-24(17,18)3)23(2)10-8-16(26)12-15(23)13-20(22)25/h14-20,22,26H,4-13H2,1-3H3,(H,27,28)/t14-,15+,16-,17-,18+,19+,20+,22+,23+,24-/m1/s1. The minimum Gasteiger partial charge on any atom is -0.481 e. The lowest BCUT2D eigenvalue weighted by Crippen LogP contribution is -2.57. The second kappa shape index (κ2) is 7.25. The van der Waals surface area contributed by atoms with Crippen molar-refractivity contribution in [3.63, 3.8) is 0 Å². The molecule has 0 amide bonds. The number of aliphatic hydroxyl groups excluding tert-OH is 1. The van der Waals surface area contributed by atoms with Gasteiger partial charge >= 0.3 is 5.97 Å². The summed E-state index contributed by atoms with van der Waals surface area (Å²) in [5, 5.41) is 19.2. The van der Waals surface area contributed by atoms with E-state index in [9.17, 15) is 9.90 Å². The van der Waals surface area contributed by atoms with Gasteiger partial charge < -0.3 is 10.2 Å². The molecule has 160 valence electrons. The van der Waals surface area contributed by atoms with Crippen LogP contribution in [-0.4, -0.2) is 28.5 Å². The lowest BCUT2D eigenvalue weighted by molar-refractivity contribution is -0.157. The maximum atomic E-state index is 15.6. The highest BCUT2D eigenvalue weighted by molar-refractivity contribution is 5.66. The number of carbonyl (C=O) groups is 1. The maximum Gasteiger partial charge on any atom is 0.303 e. The van der Waals surface area contributed by atoms with Crippen LogP contribution in [0.5, 0.6) is 0 Å². The molecule has 4 saturated carbocycles. The van der Waals surface area contributed by atoms with Crippen LogP contribution in [0.15, 0.2) is 0 Å². The normalized spacial score (nSPS) is 51.7. The highest BCUT2D eigenvalue weighted by atomic mass is 19.1. The Bertz CT molecular complexity index is 609. The SMILES string of the molecule is C[C@H](CCC(=O)O)[C@H]1CC[C@H]2[C@@H]3[C@@H](F)C[C@@H]4C[C@H](O)CC[C@]4(C)[C@H]3CC[C@]12C. The van der Waals surface area contributed by atoms with E-state index >= 15 is 4.39 Å². The number of aliphatic hydroxyl groups is 1. The monoisotopic (exact) mass is 394 g/mol. The lowest BCUT2D eigenvalue weighted by atomic mass is 9.44. The minimum atomic E-state index is -0.730. The van der Waals surface area contributed by atoms with Crippen molar-refractivity contribution in [2.75, 3.05) is 0 Å². The third-order valence-corrected chi connectivity index (χ3v) is 10.2. The summed E-state index contributed by atoms with van der Waals surface area (Å²) in [5.74, 6) is 1.64. The van der Waals surface area contributed by atoms with E-state index in [0.717, 1.165) is 44.9 Å². The van der Waals surface area contributed by atoms with Gasteiger partial charge in [0, 0.05) is 6.42 Å². The fourth-order valence-electron chi connectivity index (χ4n) is 8.68. The van der Waals surface area contributed by atoms with Gasteiger partial charge in [0.2, 0.25) is 0 Å². The summed E-state index contributed by atoms with van der Waals surface area (Å²) < 4.78 is 15.6. The van der Waals surface area contributed by atoms with Crippen molar-refractivity contribution in [3.8, 4) is 0 Å². The van der Waals surface area contributed by atoms with Crippen LogP contribution in [0.4, 0.5) is 4.39 Å². The Morgan fingerprint density at radius 3 is 2.46 bits per heavy atom. The third-order valence-electron chi connectivity index (χ3n) is 10.2. The number of hydrogen-bond donors (Lipinski definition) is 2. The van der Waals surface area contributed by atoms with E-state index in [1.165, 1.54) is 6.42 Å². The van der Waals surface area contributed by atoms with Crippen molar-refractivity contribution in [1.82, 2.24) is 0 Å². The van der Waals surface area contributed by atoms with Crippen LogP contribution < -0.4 is 0 Å². The first-order chi connectivity index (χ1) is 13.2. The van der Waals surface area contributed by atoms with E-state index in [0.29, 0.717) is 36.0 Å². The minimum absolute atomic E-state index is 0.167. The van der Waals surface area contributed by atoms with Gasteiger partial charge in [0.15, 0.2) is 0 Å². The smallest absolute Gasteiger partial charge is 0.303 e.